The van der Waals surface area contributed by atoms with Crippen LogP contribution in [0.15, 0.2) is 18.2 Å². The molecule has 1 amide bonds. The number of nitrogen functional groups attached to an aromatic ring is 1. The van der Waals surface area contributed by atoms with Crippen LogP contribution in [0.3, 0.4) is 0 Å². The van der Waals surface area contributed by atoms with Crippen molar-refractivity contribution in [2.45, 2.75) is 25.8 Å². The van der Waals surface area contributed by atoms with E-state index in [-0.39, 0.29) is 11.9 Å². The number of carbonyl (C=O) groups is 2. The molecule has 2 N–H and O–H groups in total. The van der Waals surface area contributed by atoms with Gasteiger partial charge in [-0.05, 0) is 38.0 Å². The standard InChI is InChI=1S/C14H17ClN2O3/c1-2-20-14(19)12-4-3-7-17(12)13(18)10-8-9(16)5-6-11(10)15/h5-6,8,12H,2-4,7,16H2,1H3. The molecule has 108 valence electrons. The number of amides is 1. The number of nitrogens with zero attached hydrogens (tertiary/aromatic N) is 1. The van der Waals surface area contributed by atoms with Gasteiger partial charge in [-0.15, -0.1) is 0 Å². The van der Waals surface area contributed by atoms with Gasteiger partial charge in [-0.25, -0.2) is 4.79 Å². The van der Waals surface area contributed by atoms with Crippen LogP contribution in [0.25, 0.3) is 0 Å². The third kappa shape index (κ3) is 2.88. The van der Waals surface area contributed by atoms with Crippen molar-refractivity contribution in [3.8, 4) is 0 Å². The highest BCUT2D eigenvalue weighted by molar-refractivity contribution is 6.34. The summed E-state index contributed by atoms with van der Waals surface area (Å²) >= 11 is 6.04. The van der Waals surface area contributed by atoms with Crippen LogP contribution in [-0.4, -0.2) is 36.0 Å². The number of anilines is 1. The predicted molar refractivity (Wildman–Crippen MR) is 76.6 cm³/mol. The lowest BCUT2D eigenvalue weighted by Crippen LogP contribution is -2.41. The second-order valence-corrected chi connectivity index (χ2v) is 5.06. The number of nitrogens with two attached hydrogens (primary N) is 1. The van der Waals surface area contributed by atoms with Crippen molar-refractivity contribution < 1.29 is 14.3 Å². The third-order valence-electron chi connectivity index (χ3n) is 3.29. The molecular weight excluding hydrogens is 280 g/mol. The van der Waals surface area contributed by atoms with E-state index in [9.17, 15) is 9.59 Å². The van der Waals surface area contributed by atoms with E-state index >= 15 is 0 Å². The maximum absolute atomic E-state index is 12.5. The number of carbonyl (C=O) groups excluding carboxylic acids is 2. The molecular formula is C14H17ClN2O3. The smallest absolute Gasteiger partial charge is 0.328 e. The van der Waals surface area contributed by atoms with Crippen LogP contribution in [-0.2, 0) is 9.53 Å². The Bertz CT molecular complexity index is 533. The normalized spacial score (nSPS) is 18.1. The molecule has 1 aromatic carbocycles. The van der Waals surface area contributed by atoms with Crippen molar-refractivity contribution in [1.82, 2.24) is 4.90 Å². The number of benzene rings is 1. The number of ether oxygens (including phenoxy) is 1. The maximum atomic E-state index is 12.5. The SMILES string of the molecule is CCOC(=O)C1CCCN1C(=O)c1cc(N)ccc1Cl. The molecule has 20 heavy (non-hydrogen) atoms. The molecule has 6 heteroatoms. The molecule has 1 aromatic rings. The number of hydrogen-bond acceptors (Lipinski definition) is 4. The summed E-state index contributed by atoms with van der Waals surface area (Å²) < 4.78 is 5.01. The zero-order valence-electron chi connectivity index (χ0n) is 11.3. The van der Waals surface area contributed by atoms with Gasteiger partial charge in [0.25, 0.3) is 5.91 Å². The van der Waals surface area contributed by atoms with E-state index in [0.717, 1.165) is 6.42 Å². The Balaban J connectivity index is 2.23. The summed E-state index contributed by atoms with van der Waals surface area (Å²) in [4.78, 5) is 25.9. The van der Waals surface area contributed by atoms with Crippen molar-refractivity contribution in [1.29, 1.82) is 0 Å². The molecule has 0 saturated carbocycles. The van der Waals surface area contributed by atoms with E-state index in [2.05, 4.69) is 0 Å². The van der Waals surface area contributed by atoms with Gasteiger partial charge in [-0.1, -0.05) is 11.6 Å². The second-order valence-electron chi connectivity index (χ2n) is 4.65. The highest BCUT2D eigenvalue weighted by atomic mass is 35.5. The lowest BCUT2D eigenvalue weighted by molar-refractivity contribution is -0.147. The number of halogens is 1. The Hall–Kier alpha value is -1.75. The van der Waals surface area contributed by atoms with E-state index in [1.807, 2.05) is 0 Å². The first-order valence-electron chi connectivity index (χ1n) is 6.57. The first kappa shape index (κ1) is 14.7. The molecule has 1 unspecified atom stereocenters. The van der Waals surface area contributed by atoms with Crippen LogP contribution in [0, 0.1) is 0 Å². The van der Waals surface area contributed by atoms with Crippen LogP contribution in [0.5, 0.6) is 0 Å². The highest BCUT2D eigenvalue weighted by Crippen LogP contribution is 2.26. The van der Waals surface area contributed by atoms with Gasteiger partial charge in [-0.2, -0.15) is 0 Å². The Morgan fingerprint density at radius 3 is 2.95 bits per heavy atom. The maximum Gasteiger partial charge on any atom is 0.328 e. The summed E-state index contributed by atoms with van der Waals surface area (Å²) in [6, 6.07) is 4.22. The quantitative estimate of drug-likeness (QED) is 0.685. The van der Waals surface area contributed by atoms with E-state index in [1.165, 1.54) is 11.0 Å². The Labute approximate surface area is 122 Å². The molecule has 2 rings (SSSR count). The van der Waals surface area contributed by atoms with Crippen LogP contribution in [0.2, 0.25) is 5.02 Å². The van der Waals surface area contributed by atoms with Crippen molar-refractivity contribution >= 4 is 29.2 Å². The Kier molecular flexibility index (Phi) is 4.49. The van der Waals surface area contributed by atoms with Gasteiger partial charge in [0, 0.05) is 12.2 Å². The lowest BCUT2D eigenvalue weighted by atomic mass is 10.1. The van der Waals surface area contributed by atoms with E-state index in [0.29, 0.717) is 35.8 Å². The van der Waals surface area contributed by atoms with Gasteiger partial charge in [-0.3, -0.25) is 4.79 Å². The van der Waals surface area contributed by atoms with Crippen LogP contribution in [0.4, 0.5) is 5.69 Å². The number of rotatable bonds is 3. The lowest BCUT2D eigenvalue weighted by Gasteiger charge is -2.23. The molecule has 1 heterocycles. The summed E-state index contributed by atoms with van der Waals surface area (Å²) in [7, 11) is 0. The molecule has 0 radical (unpaired) electrons. The topological polar surface area (TPSA) is 72.6 Å². The van der Waals surface area contributed by atoms with Crippen molar-refractivity contribution in [2.24, 2.45) is 0 Å². The number of hydrogen-bond donors (Lipinski definition) is 1. The van der Waals surface area contributed by atoms with Crippen molar-refractivity contribution in [3.05, 3.63) is 28.8 Å². The van der Waals surface area contributed by atoms with Gasteiger partial charge in [0.1, 0.15) is 6.04 Å². The fraction of sp³-hybridized carbons (Fsp3) is 0.429. The summed E-state index contributed by atoms with van der Waals surface area (Å²) in [5.41, 5.74) is 6.47. The number of likely N-dealkylation sites (tertiary alicyclic amines) is 1. The van der Waals surface area contributed by atoms with Crippen LogP contribution < -0.4 is 5.73 Å². The van der Waals surface area contributed by atoms with Crippen molar-refractivity contribution in [2.75, 3.05) is 18.9 Å². The van der Waals surface area contributed by atoms with E-state index in [4.69, 9.17) is 22.1 Å². The van der Waals surface area contributed by atoms with Gasteiger partial charge >= 0.3 is 5.97 Å². The molecule has 5 nitrogen and oxygen atoms in total. The van der Waals surface area contributed by atoms with Crippen LogP contribution >= 0.6 is 11.6 Å². The second kappa shape index (κ2) is 6.13. The monoisotopic (exact) mass is 296 g/mol. The van der Waals surface area contributed by atoms with Gasteiger partial charge in [0.2, 0.25) is 0 Å². The molecule has 1 aliphatic rings. The molecule has 0 bridgehead atoms. The van der Waals surface area contributed by atoms with E-state index in [1.54, 1.807) is 19.1 Å². The molecule has 1 aliphatic heterocycles. The largest absolute Gasteiger partial charge is 0.464 e. The highest BCUT2D eigenvalue weighted by Gasteiger charge is 2.36. The zero-order valence-corrected chi connectivity index (χ0v) is 12.0. The third-order valence-corrected chi connectivity index (χ3v) is 3.62. The fourth-order valence-electron chi connectivity index (χ4n) is 2.35. The van der Waals surface area contributed by atoms with E-state index < -0.39 is 6.04 Å². The fourth-order valence-corrected chi connectivity index (χ4v) is 2.55. The first-order valence-corrected chi connectivity index (χ1v) is 6.95. The van der Waals surface area contributed by atoms with Gasteiger partial charge in [0.15, 0.2) is 0 Å². The van der Waals surface area contributed by atoms with Crippen LogP contribution in [0.1, 0.15) is 30.1 Å². The van der Waals surface area contributed by atoms with Gasteiger partial charge < -0.3 is 15.4 Å². The molecule has 0 aromatic heterocycles. The number of esters is 1. The van der Waals surface area contributed by atoms with Crippen molar-refractivity contribution in [3.63, 3.8) is 0 Å². The molecule has 0 spiro atoms. The molecule has 1 atom stereocenters. The minimum Gasteiger partial charge on any atom is -0.464 e. The minimum atomic E-state index is -0.528. The summed E-state index contributed by atoms with van der Waals surface area (Å²) in [6.45, 7) is 2.57. The summed E-state index contributed by atoms with van der Waals surface area (Å²) in [5, 5.41) is 0.332. The zero-order chi connectivity index (χ0) is 14.7. The molecule has 1 saturated heterocycles. The molecule has 1 fully saturated rings. The first-order chi connectivity index (χ1) is 9.54. The summed E-state index contributed by atoms with van der Waals surface area (Å²) in [6.07, 6.45) is 1.39. The minimum absolute atomic E-state index is 0.280. The molecule has 0 aliphatic carbocycles. The van der Waals surface area contributed by atoms with Gasteiger partial charge in [0.05, 0.1) is 17.2 Å². The Morgan fingerprint density at radius 1 is 1.50 bits per heavy atom. The average Bonchev–Trinajstić information content (AvgIpc) is 2.90. The predicted octanol–water partition coefficient (Wildman–Crippen LogP) is 2.09. The average molecular weight is 297 g/mol. The summed E-state index contributed by atoms with van der Waals surface area (Å²) in [5.74, 6) is -0.642. The Morgan fingerprint density at radius 2 is 2.25 bits per heavy atom.